The van der Waals surface area contributed by atoms with E-state index in [0.29, 0.717) is 52.5 Å². The monoisotopic (exact) mass is 473 g/mol. The summed E-state index contributed by atoms with van der Waals surface area (Å²) in [5.41, 5.74) is 2.68. The van der Waals surface area contributed by atoms with Gasteiger partial charge in [0.25, 0.3) is 5.91 Å². The van der Waals surface area contributed by atoms with Crippen LogP contribution in [0.25, 0.3) is 22.1 Å². The minimum atomic E-state index is -0.248. The maximum atomic E-state index is 13.1. The molecule has 4 aromatic rings. The van der Waals surface area contributed by atoms with Gasteiger partial charge in [-0.05, 0) is 48.7 Å². The van der Waals surface area contributed by atoms with Crippen molar-refractivity contribution in [2.24, 2.45) is 0 Å². The van der Waals surface area contributed by atoms with Crippen LogP contribution in [-0.4, -0.2) is 33.3 Å². The Morgan fingerprint density at radius 1 is 0.943 bits per heavy atom. The largest absolute Gasteiger partial charge is 0.493 e. The van der Waals surface area contributed by atoms with Gasteiger partial charge in [0.05, 0.1) is 25.2 Å². The zero-order valence-electron chi connectivity index (χ0n) is 19.9. The first-order chi connectivity index (χ1) is 17.0. The van der Waals surface area contributed by atoms with E-state index in [1.54, 1.807) is 39.3 Å². The van der Waals surface area contributed by atoms with Gasteiger partial charge in [0.15, 0.2) is 18.1 Å². The molecule has 0 bridgehead atoms. The van der Waals surface area contributed by atoms with Crippen molar-refractivity contribution in [2.45, 2.75) is 13.3 Å². The van der Waals surface area contributed by atoms with E-state index in [2.05, 4.69) is 5.32 Å². The molecule has 0 saturated carbocycles. The summed E-state index contributed by atoms with van der Waals surface area (Å²) in [6, 6.07) is 20.0. The Labute approximate surface area is 203 Å². The van der Waals surface area contributed by atoms with E-state index < -0.39 is 0 Å². The van der Waals surface area contributed by atoms with Crippen LogP contribution in [0.1, 0.15) is 11.3 Å². The first kappa shape index (κ1) is 23.9. The van der Waals surface area contributed by atoms with Gasteiger partial charge in [-0.15, -0.1) is 0 Å². The lowest BCUT2D eigenvalue weighted by Crippen LogP contribution is -2.30. The molecule has 7 heteroatoms. The quantitative estimate of drug-likeness (QED) is 0.385. The topological polar surface area (TPSA) is 87.0 Å². The number of carbonyl (C=O) groups excluding carboxylic acids is 1. The predicted molar refractivity (Wildman–Crippen MR) is 134 cm³/mol. The molecule has 0 fully saturated rings. The van der Waals surface area contributed by atoms with Gasteiger partial charge in [0.2, 0.25) is 5.43 Å². The van der Waals surface area contributed by atoms with E-state index in [0.717, 1.165) is 11.1 Å². The molecule has 35 heavy (non-hydrogen) atoms. The fourth-order valence-electron chi connectivity index (χ4n) is 3.90. The molecule has 180 valence electrons. The highest BCUT2D eigenvalue weighted by Gasteiger charge is 2.14. The molecule has 0 spiro atoms. The molecule has 1 aromatic heterocycles. The minimum Gasteiger partial charge on any atom is -0.493 e. The second-order valence-electron chi connectivity index (χ2n) is 7.96. The normalized spacial score (nSPS) is 10.7. The lowest BCUT2D eigenvalue weighted by molar-refractivity contribution is -0.123. The zero-order chi connectivity index (χ0) is 24.8. The number of fused-ring (bicyclic) bond motifs is 1. The van der Waals surface area contributed by atoms with E-state index in [-0.39, 0.29) is 17.9 Å². The second kappa shape index (κ2) is 10.8. The Morgan fingerprint density at radius 3 is 2.46 bits per heavy atom. The van der Waals surface area contributed by atoms with Crippen LogP contribution >= 0.6 is 0 Å². The fraction of sp³-hybridized carbons (Fsp3) is 0.214. The average Bonchev–Trinajstić information content (AvgIpc) is 2.87. The van der Waals surface area contributed by atoms with Crippen LogP contribution in [0.15, 0.2) is 75.9 Å². The maximum Gasteiger partial charge on any atom is 0.257 e. The molecule has 0 radical (unpaired) electrons. The van der Waals surface area contributed by atoms with Gasteiger partial charge in [0.1, 0.15) is 17.1 Å². The van der Waals surface area contributed by atoms with Gasteiger partial charge in [-0.25, -0.2) is 0 Å². The van der Waals surface area contributed by atoms with Crippen LogP contribution in [0.2, 0.25) is 0 Å². The van der Waals surface area contributed by atoms with Crippen molar-refractivity contribution in [3.63, 3.8) is 0 Å². The molecule has 1 heterocycles. The Kier molecular flexibility index (Phi) is 7.35. The third kappa shape index (κ3) is 5.46. The van der Waals surface area contributed by atoms with Gasteiger partial charge < -0.3 is 23.9 Å². The van der Waals surface area contributed by atoms with E-state index in [1.165, 1.54) is 0 Å². The van der Waals surface area contributed by atoms with E-state index in [9.17, 15) is 9.59 Å². The highest BCUT2D eigenvalue weighted by atomic mass is 16.5. The van der Waals surface area contributed by atoms with Gasteiger partial charge in [0, 0.05) is 12.6 Å². The predicted octanol–water partition coefficient (Wildman–Crippen LogP) is 4.52. The number of benzene rings is 3. The Bertz CT molecular complexity index is 1390. The summed E-state index contributed by atoms with van der Waals surface area (Å²) in [6.07, 6.45) is 0.635. The van der Waals surface area contributed by atoms with Gasteiger partial charge in [-0.2, -0.15) is 0 Å². The van der Waals surface area contributed by atoms with Crippen molar-refractivity contribution in [1.82, 2.24) is 5.32 Å². The Morgan fingerprint density at radius 2 is 1.71 bits per heavy atom. The third-order valence-corrected chi connectivity index (χ3v) is 5.66. The number of rotatable bonds is 9. The van der Waals surface area contributed by atoms with Crippen LogP contribution in [0.3, 0.4) is 0 Å². The molecule has 1 amide bonds. The number of amides is 1. The molecule has 3 aromatic carbocycles. The van der Waals surface area contributed by atoms with Crippen LogP contribution < -0.4 is 25.0 Å². The summed E-state index contributed by atoms with van der Waals surface area (Å²) < 4.78 is 22.1. The van der Waals surface area contributed by atoms with Crippen molar-refractivity contribution in [1.29, 1.82) is 0 Å². The first-order valence-electron chi connectivity index (χ1n) is 11.2. The lowest BCUT2D eigenvalue weighted by Gasteiger charge is -2.11. The first-order valence-corrected chi connectivity index (χ1v) is 11.2. The Hall–Kier alpha value is -4.26. The number of hydrogen-bond acceptors (Lipinski definition) is 6. The molecular formula is C28H27NO6. The van der Waals surface area contributed by atoms with Crippen LogP contribution in [0.5, 0.6) is 17.2 Å². The minimum absolute atomic E-state index is 0.102. The molecule has 7 nitrogen and oxygen atoms in total. The van der Waals surface area contributed by atoms with Gasteiger partial charge in [-0.3, -0.25) is 9.59 Å². The van der Waals surface area contributed by atoms with Crippen LogP contribution in [-0.2, 0) is 11.2 Å². The second-order valence-corrected chi connectivity index (χ2v) is 7.96. The number of aryl methyl sites for hydroxylation is 1. The van der Waals surface area contributed by atoms with Crippen molar-refractivity contribution >= 4 is 16.9 Å². The molecule has 0 aliphatic rings. The summed E-state index contributed by atoms with van der Waals surface area (Å²) in [5, 5.41) is 3.30. The summed E-state index contributed by atoms with van der Waals surface area (Å²) in [5.74, 6) is 2.03. The molecule has 0 saturated heterocycles. The van der Waals surface area contributed by atoms with Crippen LogP contribution in [0.4, 0.5) is 0 Å². The SMILES string of the molecule is COc1ccc(CCNC(=O)COc2ccc3c(=O)c(-c4ccccc4)c(C)oc3c2)cc1OC. The number of ether oxygens (including phenoxy) is 3. The number of hydrogen-bond donors (Lipinski definition) is 1. The van der Waals surface area contributed by atoms with Crippen molar-refractivity contribution < 1.29 is 23.4 Å². The maximum absolute atomic E-state index is 13.1. The van der Waals surface area contributed by atoms with Crippen LogP contribution in [0, 0.1) is 6.92 Å². The molecule has 0 aliphatic heterocycles. The number of carbonyl (C=O) groups is 1. The number of nitrogens with one attached hydrogen (secondary N) is 1. The highest BCUT2D eigenvalue weighted by Crippen LogP contribution is 2.28. The molecular weight excluding hydrogens is 446 g/mol. The van der Waals surface area contributed by atoms with Gasteiger partial charge in [-0.1, -0.05) is 36.4 Å². The van der Waals surface area contributed by atoms with E-state index in [4.69, 9.17) is 18.6 Å². The Balaban J connectivity index is 1.37. The zero-order valence-corrected chi connectivity index (χ0v) is 19.9. The van der Waals surface area contributed by atoms with E-state index in [1.807, 2.05) is 48.5 Å². The summed E-state index contributed by atoms with van der Waals surface area (Å²) in [6.45, 7) is 2.07. The summed E-state index contributed by atoms with van der Waals surface area (Å²) >= 11 is 0. The third-order valence-electron chi connectivity index (χ3n) is 5.66. The molecule has 4 rings (SSSR count). The van der Waals surface area contributed by atoms with E-state index >= 15 is 0 Å². The van der Waals surface area contributed by atoms with Crippen molar-refractivity contribution in [2.75, 3.05) is 27.4 Å². The number of methoxy groups -OCH3 is 2. The average molecular weight is 474 g/mol. The fourth-order valence-corrected chi connectivity index (χ4v) is 3.90. The molecule has 1 N–H and O–H groups in total. The van der Waals surface area contributed by atoms with Gasteiger partial charge >= 0.3 is 0 Å². The standard InChI is InChI=1S/C28H27NO6/c1-18-27(20-7-5-4-6-8-20)28(31)22-11-10-21(16-24(22)35-18)34-17-26(30)29-14-13-19-9-12-23(32-2)25(15-19)33-3/h4-12,15-16H,13-14,17H2,1-3H3,(H,29,30). The lowest BCUT2D eigenvalue weighted by atomic mass is 10.0. The smallest absolute Gasteiger partial charge is 0.257 e. The highest BCUT2D eigenvalue weighted by molar-refractivity contribution is 5.84. The molecule has 0 unspecified atom stereocenters. The van der Waals surface area contributed by atoms with Crippen molar-refractivity contribution in [3.05, 3.63) is 88.3 Å². The summed E-state index contributed by atoms with van der Waals surface area (Å²) in [4.78, 5) is 25.3. The van der Waals surface area contributed by atoms with Crippen molar-refractivity contribution in [3.8, 4) is 28.4 Å². The molecule has 0 atom stereocenters. The molecule has 0 aliphatic carbocycles. The summed E-state index contributed by atoms with van der Waals surface area (Å²) in [7, 11) is 3.17.